The quantitative estimate of drug-likeness (QED) is 0.785. The van der Waals surface area contributed by atoms with E-state index in [1.54, 1.807) is 12.1 Å². The number of halogens is 1. The minimum Gasteiger partial charge on any atom is -0.458 e. The highest BCUT2D eigenvalue weighted by Crippen LogP contribution is 2.11. The average molecular weight is 317 g/mol. The molecule has 0 radical (unpaired) electrons. The maximum atomic E-state index is 11.7. The van der Waals surface area contributed by atoms with E-state index in [0.717, 1.165) is 10.0 Å². The van der Waals surface area contributed by atoms with Gasteiger partial charge in [0.1, 0.15) is 6.61 Å². The Labute approximate surface area is 120 Å². The van der Waals surface area contributed by atoms with E-state index < -0.39 is 0 Å². The molecule has 19 heavy (non-hydrogen) atoms. The maximum absolute atomic E-state index is 11.7. The van der Waals surface area contributed by atoms with E-state index >= 15 is 0 Å². The Bertz CT molecular complexity index is 559. The third kappa shape index (κ3) is 4.38. The van der Waals surface area contributed by atoms with Gasteiger partial charge in [-0.15, -0.1) is 0 Å². The molecule has 0 aliphatic carbocycles. The first-order chi connectivity index (χ1) is 9.25. The van der Waals surface area contributed by atoms with Gasteiger partial charge in [-0.25, -0.2) is 4.79 Å². The Balaban J connectivity index is 1.84. The van der Waals surface area contributed by atoms with Crippen LogP contribution in [-0.2, 0) is 4.74 Å². The van der Waals surface area contributed by atoms with Crippen LogP contribution in [0.3, 0.4) is 0 Å². The molecule has 0 aromatic heterocycles. The van der Waals surface area contributed by atoms with Gasteiger partial charge >= 0.3 is 5.97 Å². The standard InChI is InChI=1S/C16H13BrO2/c17-15-10-8-14(9-11-15)16(18)19-12-4-7-13-5-2-1-3-6-13/h1-11H,12H2/b7-4+. The smallest absolute Gasteiger partial charge is 0.338 e. The van der Waals surface area contributed by atoms with Gasteiger partial charge in [-0.1, -0.05) is 52.3 Å². The third-order valence-electron chi connectivity index (χ3n) is 2.50. The summed E-state index contributed by atoms with van der Waals surface area (Å²) in [5.74, 6) is -0.315. The van der Waals surface area contributed by atoms with Crippen LogP contribution in [0, 0.1) is 0 Å². The van der Waals surface area contributed by atoms with E-state index in [1.165, 1.54) is 0 Å². The molecule has 0 spiro atoms. The fourth-order valence-corrected chi connectivity index (χ4v) is 1.81. The van der Waals surface area contributed by atoms with Crippen molar-refractivity contribution in [2.75, 3.05) is 6.61 Å². The van der Waals surface area contributed by atoms with Crippen molar-refractivity contribution in [2.45, 2.75) is 0 Å². The summed E-state index contributed by atoms with van der Waals surface area (Å²) in [6.07, 6.45) is 3.75. The number of benzene rings is 2. The number of hydrogen-bond acceptors (Lipinski definition) is 2. The monoisotopic (exact) mass is 316 g/mol. The fraction of sp³-hybridized carbons (Fsp3) is 0.0625. The van der Waals surface area contributed by atoms with Gasteiger partial charge < -0.3 is 4.74 Å². The summed E-state index contributed by atoms with van der Waals surface area (Å²) in [6.45, 7) is 0.268. The topological polar surface area (TPSA) is 26.3 Å². The van der Waals surface area contributed by atoms with Gasteiger partial charge in [0.15, 0.2) is 0 Å². The second kappa shape index (κ2) is 6.90. The summed E-state index contributed by atoms with van der Waals surface area (Å²) in [6, 6.07) is 17.0. The van der Waals surface area contributed by atoms with Crippen molar-refractivity contribution in [3.63, 3.8) is 0 Å². The molecule has 0 saturated heterocycles. The van der Waals surface area contributed by atoms with Crippen LogP contribution in [0.5, 0.6) is 0 Å². The van der Waals surface area contributed by atoms with Gasteiger partial charge in [-0.3, -0.25) is 0 Å². The first-order valence-corrected chi connectivity index (χ1v) is 6.69. The summed E-state index contributed by atoms with van der Waals surface area (Å²) in [4.78, 5) is 11.7. The maximum Gasteiger partial charge on any atom is 0.338 e. The van der Waals surface area contributed by atoms with Crippen LogP contribution in [0.15, 0.2) is 65.1 Å². The number of carbonyl (C=O) groups excluding carboxylic acids is 1. The highest BCUT2D eigenvalue weighted by atomic mass is 79.9. The molecule has 2 aromatic carbocycles. The summed E-state index contributed by atoms with van der Waals surface area (Å²) in [5, 5.41) is 0. The van der Waals surface area contributed by atoms with Crippen molar-refractivity contribution in [3.05, 3.63) is 76.3 Å². The minimum absolute atomic E-state index is 0.268. The van der Waals surface area contributed by atoms with Crippen LogP contribution in [-0.4, -0.2) is 12.6 Å². The molecular weight excluding hydrogens is 304 g/mol. The molecule has 2 nitrogen and oxygen atoms in total. The summed E-state index contributed by atoms with van der Waals surface area (Å²) >= 11 is 3.32. The highest BCUT2D eigenvalue weighted by Gasteiger charge is 2.04. The van der Waals surface area contributed by atoms with Crippen LogP contribution in [0.1, 0.15) is 15.9 Å². The molecular formula is C16H13BrO2. The van der Waals surface area contributed by atoms with Gasteiger partial charge in [0.2, 0.25) is 0 Å². The number of rotatable bonds is 4. The molecule has 0 bridgehead atoms. The van der Waals surface area contributed by atoms with Crippen LogP contribution in [0.4, 0.5) is 0 Å². The molecule has 0 heterocycles. The van der Waals surface area contributed by atoms with Crippen molar-refractivity contribution in [2.24, 2.45) is 0 Å². The van der Waals surface area contributed by atoms with E-state index in [0.29, 0.717) is 5.56 Å². The molecule has 0 saturated carbocycles. The lowest BCUT2D eigenvalue weighted by atomic mass is 10.2. The first-order valence-electron chi connectivity index (χ1n) is 5.90. The van der Waals surface area contributed by atoms with Gasteiger partial charge in [-0.05, 0) is 35.9 Å². The van der Waals surface area contributed by atoms with Gasteiger partial charge in [0.05, 0.1) is 5.56 Å². The number of ether oxygens (including phenoxy) is 1. The van der Waals surface area contributed by atoms with Crippen molar-refractivity contribution < 1.29 is 9.53 Å². The first kappa shape index (κ1) is 13.6. The summed E-state index contributed by atoms with van der Waals surface area (Å²) < 4.78 is 6.09. The second-order valence-electron chi connectivity index (χ2n) is 3.92. The molecule has 0 unspecified atom stereocenters. The molecule has 0 fully saturated rings. The number of esters is 1. The Hall–Kier alpha value is -1.87. The summed E-state index contributed by atoms with van der Waals surface area (Å²) in [7, 11) is 0. The molecule has 0 amide bonds. The third-order valence-corrected chi connectivity index (χ3v) is 3.03. The zero-order chi connectivity index (χ0) is 13.5. The summed E-state index contributed by atoms with van der Waals surface area (Å²) in [5.41, 5.74) is 1.64. The van der Waals surface area contributed by atoms with E-state index in [2.05, 4.69) is 15.9 Å². The second-order valence-corrected chi connectivity index (χ2v) is 4.83. The largest absolute Gasteiger partial charge is 0.458 e. The fourth-order valence-electron chi connectivity index (χ4n) is 1.54. The SMILES string of the molecule is O=C(OC/C=C/c1ccccc1)c1ccc(Br)cc1. The van der Waals surface area contributed by atoms with Crippen LogP contribution < -0.4 is 0 Å². The predicted molar refractivity (Wildman–Crippen MR) is 79.9 cm³/mol. The molecule has 2 rings (SSSR count). The van der Waals surface area contributed by atoms with Crippen LogP contribution >= 0.6 is 15.9 Å². The van der Waals surface area contributed by atoms with Crippen molar-refractivity contribution in [3.8, 4) is 0 Å². The van der Waals surface area contributed by atoms with Gasteiger partial charge in [-0.2, -0.15) is 0 Å². The Morgan fingerprint density at radius 3 is 2.42 bits per heavy atom. The zero-order valence-corrected chi connectivity index (χ0v) is 11.8. The highest BCUT2D eigenvalue weighted by molar-refractivity contribution is 9.10. The minimum atomic E-state index is -0.315. The van der Waals surface area contributed by atoms with Crippen LogP contribution in [0.2, 0.25) is 0 Å². The van der Waals surface area contributed by atoms with Crippen LogP contribution in [0.25, 0.3) is 6.08 Å². The number of hydrogen-bond donors (Lipinski definition) is 0. The average Bonchev–Trinajstić information content (AvgIpc) is 2.45. The zero-order valence-electron chi connectivity index (χ0n) is 10.3. The lowest BCUT2D eigenvalue weighted by Gasteiger charge is -2.01. The Kier molecular flexibility index (Phi) is 4.93. The molecule has 0 atom stereocenters. The Morgan fingerprint density at radius 1 is 1.05 bits per heavy atom. The van der Waals surface area contributed by atoms with Crippen molar-refractivity contribution in [1.29, 1.82) is 0 Å². The molecule has 96 valence electrons. The molecule has 0 aliphatic rings. The normalized spacial score (nSPS) is 10.6. The van der Waals surface area contributed by atoms with E-state index in [9.17, 15) is 4.79 Å². The van der Waals surface area contributed by atoms with E-state index in [-0.39, 0.29) is 12.6 Å². The molecule has 2 aromatic rings. The molecule has 0 N–H and O–H groups in total. The molecule has 3 heteroatoms. The lowest BCUT2D eigenvalue weighted by Crippen LogP contribution is -2.04. The number of carbonyl (C=O) groups is 1. The van der Waals surface area contributed by atoms with Gasteiger partial charge in [0.25, 0.3) is 0 Å². The lowest BCUT2D eigenvalue weighted by molar-refractivity contribution is 0.0550. The van der Waals surface area contributed by atoms with Crippen molar-refractivity contribution in [1.82, 2.24) is 0 Å². The Morgan fingerprint density at radius 2 is 1.74 bits per heavy atom. The van der Waals surface area contributed by atoms with E-state index in [4.69, 9.17) is 4.74 Å². The predicted octanol–water partition coefficient (Wildman–Crippen LogP) is 4.32. The molecule has 0 aliphatic heterocycles. The van der Waals surface area contributed by atoms with Gasteiger partial charge in [0, 0.05) is 4.47 Å². The van der Waals surface area contributed by atoms with Crippen molar-refractivity contribution >= 4 is 28.0 Å². The van der Waals surface area contributed by atoms with E-state index in [1.807, 2.05) is 54.6 Å².